The number of carbonyl (C=O) groups is 2. The number of benzene rings is 2. The number of aliphatic carboxylic acids is 1. The van der Waals surface area contributed by atoms with Gasteiger partial charge in [-0.1, -0.05) is 86.1 Å². The number of anilines is 1. The second-order valence-corrected chi connectivity index (χ2v) is 19.6. The van der Waals surface area contributed by atoms with E-state index in [1.165, 1.54) is 10.4 Å². The zero-order valence-electron chi connectivity index (χ0n) is 18.4. The molecule has 0 aliphatic carbocycles. The average molecular weight is 426 g/mol. The van der Waals surface area contributed by atoms with Crippen molar-refractivity contribution in [3.05, 3.63) is 59.7 Å². The van der Waals surface area contributed by atoms with Crippen LogP contribution in [0.4, 0.5) is 5.69 Å². The number of allylic oxidation sites excluding steroid dienone is 1. The fourth-order valence-corrected chi connectivity index (χ4v) is 5.52. The summed E-state index contributed by atoms with van der Waals surface area (Å²) in [7, 11) is -3.18. The van der Waals surface area contributed by atoms with Gasteiger partial charge in [0, 0.05) is 22.9 Å². The lowest BCUT2D eigenvalue weighted by Gasteiger charge is -2.24. The number of hydrogen-bond acceptors (Lipinski definition) is 2. The Morgan fingerprint density at radius 2 is 1.41 bits per heavy atom. The van der Waals surface area contributed by atoms with E-state index in [-0.39, 0.29) is 5.91 Å². The zero-order valence-corrected chi connectivity index (χ0v) is 20.4. The third-order valence-electron chi connectivity index (χ3n) is 4.87. The van der Waals surface area contributed by atoms with Crippen LogP contribution in [0, 0.1) is 0 Å². The number of hydrogen-bond donors (Lipinski definition) is 2. The molecule has 0 aliphatic heterocycles. The van der Waals surface area contributed by atoms with E-state index < -0.39 is 22.1 Å². The highest BCUT2D eigenvalue weighted by molar-refractivity contribution is 6.91. The number of para-hydroxylation sites is 1. The van der Waals surface area contributed by atoms with Crippen molar-refractivity contribution in [3.63, 3.8) is 0 Å². The summed E-state index contributed by atoms with van der Waals surface area (Å²) >= 11 is 0. The topological polar surface area (TPSA) is 66.4 Å². The third-order valence-corrected chi connectivity index (χ3v) is 8.91. The molecule has 0 aliphatic rings. The number of carbonyl (C=O) groups excluding carboxylic acids is 1. The Hall–Kier alpha value is -2.45. The monoisotopic (exact) mass is 425 g/mol. The molecule has 2 N–H and O–H groups in total. The van der Waals surface area contributed by atoms with Crippen LogP contribution in [0.2, 0.25) is 39.3 Å². The second-order valence-electron chi connectivity index (χ2n) is 9.46. The van der Waals surface area contributed by atoms with Gasteiger partial charge in [0.2, 0.25) is 0 Å². The van der Waals surface area contributed by atoms with Gasteiger partial charge in [-0.25, -0.2) is 4.79 Å². The van der Waals surface area contributed by atoms with Crippen LogP contribution < -0.4 is 15.7 Å². The van der Waals surface area contributed by atoms with Crippen LogP contribution in [-0.2, 0) is 4.79 Å². The van der Waals surface area contributed by atoms with Crippen molar-refractivity contribution >= 4 is 49.7 Å². The lowest BCUT2D eigenvalue weighted by molar-refractivity contribution is -0.131. The molecule has 0 atom stereocenters. The first-order valence-electron chi connectivity index (χ1n) is 9.77. The molecule has 1 amide bonds. The van der Waals surface area contributed by atoms with Crippen molar-refractivity contribution in [1.29, 1.82) is 0 Å². The molecule has 2 rings (SSSR count). The Kier molecular flexibility index (Phi) is 6.70. The first-order chi connectivity index (χ1) is 13.3. The number of carboxylic acid groups (broad SMARTS) is 1. The van der Waals surface area contributed by atoms with Crippen LogP contribution in [0.1, 0.15) is 22.8 Å². The van der Waals surface area contributed by atoms with E-state index in [4.69, 9.17) is 5.11 Å². The summed E-state index contributed by atoms with van der Waals surface area (Å²) in [5.74, 6) is -1.17. The van der Waals surface area contributed by atoms with Gasteiger partial charge < -0.3 is 10.4 Å². The summed E-state index contributed by atoms with van der Waals surface area (Å²) in [5, 5.41) is 14.6. The van der Waals surface area contributed by atoms with E-state index >= 15 is 0 Å². The molecule has 6 heteroatoms. The molecule has 0 aromatic heterocycles. The normalized spacial score (nSPS) is 12.6. The van der Waals surface area contributed by atoms with E-state index in [0.29, 0.717) is 22.4 Å². The van der Waals surface area contributed by atoms with Gasteiger partial charge in [-0.15, -0.1) is 0 Å². The highest BCUT2D eigenvalue weighted by Gasteiger charge is 2.24. The van der Waals surface area contributed by atoms with E-state index in [9.17, 15) is 9.59 Å². The fourth-order valence-electron chi connectivity index (χ4n) is 3.02. The smallest absolute Gasteiger partial charge is 0.328 e. The van der Waals surface area contributed by atoms with Crippen LogP contribution in [0.25, 0.3) is 5.57 Å². The molecule has 0 heterocycles. The molecule has 2 aromatic carbocycles. The molecule has 4 nitrogen and oxygen atoms in total. The Bertz CT molecular complexity index is 935. The molecular weight excluding hydrogens is 394 g/mol. The fraction of sp³-hybridized carbons (Fsp3) is 0.304. The Morgan fingerprint density at radius 3 is 1.90 bits per heavy atom. The Balaban J connectivity index is 2.48. The predicted octanol–water partition coefficient (Wildman–Crippen LogP) is 4.52. The summed E-state index contributed by atoms with van der Waals surface area (Å²) in [5.41, 5.74) is 2.57. The van der Waals surface area contributed by atoms with E-state index in [2.05, 4.69) is 50.7 Å². The van der Waals surface area contributed by atoms with E-state index in [1.807, 2.05) is 30.3 Å². The standard InChI is InChI=1S/C23H31NO3Si2/c1-16(12-22(25)26)20-10-8-9-11-21(20)24-23(27)17-13-18(28(2,3)4)15-19(14-17)29(5,6)7/h8-15H,1-7H3,(H,24,27)(H,25,26). The first kappa shape index (κ1) is 22.8. The summed E-state index contributed by atoms with van der Waals surface area (Å²) < 4.78 is 0. The van der Waals surface area contributed by atoms with Crippen LogP contribution in [0.15, 0.2) is 48.5 Å². The van der Waals surface area contributed by atoms with E-state index in [1.54, 1.807) is 13.0 Å². The molecule has 2 aromatic rings. The van der Waals surface area contributed by atoms with Crippen LogP contribution in [-0.4, -0.2) is 33.1 Å². The quantitative estimate of drug-likeness (QED) is 0.528. The molecule has 154 valence electrons. The molecule has 0 bridgehead atoms. The molecular formula is C23H31NO3Si2. The predicted molar refractivity (Wildman–Crippen MR) is 128 cm³/mol. The van der Waals surface area contributed by atoms with Gasteiger partial charge in [0.25, 0.3) is 5.91 Å². The van der Waals surface area contributed by atoms with Gasteiger partial charge in [-0.3, -0.25) is 4.79 Å². The highest BCUT2D eigenvalue weighted by atomic mass is 28.3. The zero-order chi connectivity index (χ0) is 22.0. The van der Waals surface area contributed by atoms with Crippen molar-refractivity contribution in [3.8, 4) is 0 Å². The lowest BCUT2D eigenvalue weighted by Crippen LogP contribution is -2.46. The SMILES string of the molecule is CC(=CC(=O)O)c1ccccc1NC(=O)c1cc([Si](C)(C)C)cc([Si](C)(C)C)c1. The summed E-state index contributed by atoms with van der Waals surface area (Å²) in [6.45, 7) is 15.4. The number of amides is 1. The molecule has 0 radical (unpaired) electrons. The molecule has 0 fully saturated rings. The first-order valence-corrected chi connectivity index (χ1v) is 16.8. The minimum absolute atomic E-state index is 0.167. The maximum atomic E-state index is 13.2. The maximum absolute atomic E-state index is 13.2. The third kappa shape index (κ3) is 6.01. The summed E-state index contributed by atoms with van der Waals surface area (Å²) in [6, 6.07) is 13.6. The van der Waals surface area contributed by atoms with Crippen molar-refractivity contribution in [2.45, 2.75) is 46.2 Å². The lowest BCUT2D eigenvalue weighted by atomic mass is 10.0. The van der Waals surface area contributed by atoms with Gasteiger partial charge in [0.15, 0.2) is 0 Å². The van der Waals surface area contributed by atoms with Crippen LogP contribution in [0.3, 0.4) is 0 Å². The molecule has 0 saturated carbocycles. The van der Waals surface area contributed by atoms with Gasteiger partial charge >= 0.3 is 5.97 Å². The van der Waals surface area contributed by atoms with Crippen molar-refractivity contribution in [2.75, 3.05) is 5.32 Å². The average Bonchev–Trinajstić information content (AvgIpc) is 2.59. The van der Waals surface area contributed by atoms with Crippen LogP contribution >= 0.6 is 0 Å². The van der Waals surface area contributed by atoms with Crippen molar-refractivity contribution in [2.24, 2.45) is 0 Å². The van der Waals surface area contributed by atoms with Gasteiger partial charge in [0.1, 0.15) is 0 Å². The van der Waals surface area contributed by atoms with Crippen molar-refractivity contribution < 1.29 is 14.7 Å². The largest absolute Gasteiger partial charge is 0.478 e. The summed E-state index contributed by atoms with van der Waals surface area (Å²) in [4.78, 5) is 24.2. The molecule has 0 spiro atoms. The highest BCUT2D eigenvalue weighted by Crippen LogP contribution is 2.24. The minimum Gasteiger partial charge on any atom is -0.478 e. The van der Waals surface area contributed by atoms with Gasteiger partial charge in [-0.2, -0.15) is 0 Å². The number of rotatable bonds is 6. The number of nitrogens with one attached hydrogen (secondary N) is 1. The van der Waals surface area contributed by atoms with Gasteiger partial charge in [-0.05, 0) is 18.6 Å². The minimum atomic E-state index is -1.59. The Morgan fingerprint density at radius 1 is 0.897 bits per heavy atom. The second kappa shape index (κ2) is 8.51. The van der Waals surface area contributed by atoms with E-state index in [0.717, 1.165) is 6.08 Å². The Labute approximate surface area is 175 Å². The van der Waals surface area contributed by atoms with Gasteiger partial charge in [0.05, 0.1) is 16.1 Å². The van der Waals surface area contributed by atoms with Crippen LogP contribution in [0.5, 0.6) is 0 Å². The number of carboxylic acids is 1. The molecule has 29 heavy (non-hydrogen) atoms. The molecule has 0 saturated heterocycles. The van der Waals surface area contributed by atoms with Crippen molar-refractivity contribution in [1.82, 2.24) is 0 Å². The molecule has 0 unspecified atom stereocenters. The maximum Gasteiger partial charge on any atom is 0.328 e. The summed E-state index contributed by atoms with van der Waals surface area (Å²) in [6.07, 6.45) is 1.15.